The van der Waals surface area contributed by atoms with Gasteiger partial charge in [-0.1, -0.05) is 30.3 Å². The molecule has 0 spiro atoms. The first-order valence-corrected chi connectivity index (χ1v) is 6.67. The minimum atomic E-state index is -0.852. The zero-order valence-electron chi connectivity index (χ0n) is 11.2. The van der Waals surface area contributed by atoms with Gasteiger partial charge in [-0.25, -0.2) is 4.79 Å². The highest BCUT2D eigenvalue weighted by Crippen LogP contribution is 2.15. The molecule has 0 aliphatic carbocycles. The van der Waals surface area contributed by atoms with Crippen LogP contribution < -0.4 is 16.4 Å². The maximum Gasteiger partial charge on any atom is 0.318 e. The number of hydrogen-bond donors (Lipinski definition) is 3. The Morgan fingerprint density at radius 3 is 2.70 bits per heavy atom. The molecule has 108 valence electrons. The van der Waals surface area contributed by atoms with Crippen LogP contribution in [0.25, 0.3) is 0 Å². The van der Waals surface area contributed by atoms with E-state index < -0.39 is 18.0 Å². The fourth-order valence-corrected chi connectivity index (χ4v) is 2.26. The lowest BCUT2D eigenvalue weighted by molar-refractivity contribution is -0.122. The van der Waals surface area contributed by atoms with Gasteiger partial charge in [-0.2, -0.15) is 0 Å². The summed E-state index contributed by atoms with van der Waals surface area (Å²) in [6.45, 7) is 1.32. The van der Waals surface area contributed by atoms with Gasteiger partial charge < -0.3 is 10.5 Å². The third-order valence-corrected chi connectivity index (χ3v) is 3.22. The SMILES string of the molecule is NC(=O)NC(=O)[C@@H](NC[C@H]1CCCO1)c1ccccc1. The molecule has 1 heterocycles. The summed E-state index contributed by atoms with van der Waals surface area (Å²) in [5.74, 6) is -0.457. The lowest BCUT2D eigenvalue weighted by Crippen LogP contribution is -2.44. The van der Waals surface area contributed by atoms with Crippen molar-refractivity contribution in [3.63, 3.8) is 0 Å². The van der Waals surface area contributed by atoms with Crippen LogP contribution in [0.3, 0.4) is 0 Å². The highest BCUT2D eigenvalue weighted by molar-refractivity contribution is 5.96. The lowest BCUT2D eigenvalue weighted by atomic mass is 10.1. The Morgan fingerprint density at radius 1 is 1.35 bits per heavy atom. The molecular formula is C14H19N3O3. The van der Waals surface area contributed by atoms with Crippen LogP contribution in [0, 0.1) is 0 Å². The van der Waals surface area contributed by atoms with E-state index in [1.54, 1.807) is 0 Å². The summed E-state index contributed by atoms with van der Waals surface area (Å²) in [6, 6.07) is 7.73. The molecule has 0 bridgehead atoms. The molecule has 1 saturated heterocycles. The average Bonchev–Trinajstić information content (AvgIpc) is 2.92. The predicted octanol–water partition coefficient (Wildman–Crippen LogP) is 0.691. The number of rotatable bonds is 5. The molecule has 0 radical (unpaired) electrons. The minimum Gasteiger partial charge on any atom is -0.377 e. The first-order valence-electron chi connectivity index (χ1n) is 6.67. The number of urea groups is 1. The van der Waals surface area contributed by atoms with Gasteiger partial charge in [-0.05, 0) is 18.4 Å². The van der Waals surface area contributed by atoms with Gasteiger partial charge in [-0.3, -0.25) is 15.4 Å². The van der Waals surface area contributed by atoms with E-state index in [4.69, 9.17) is 10.5 Å². The maximum atomic E-state index is 12.0. The number of imide groups is 1. The molecule has 20 heavy (non-hydrogen) atoms. The number of amides is 3. The number of nitrogens with one attached hydrogen (secondary N) is 2. The molecular weight excluding hydrogens is 258 g/mol. The Bertz CT molecular complexity index is 458. The van der Waals surface area contributed by atoms with Crippen molar-refractivity contribution in [1.29, 1.82) is 0 Å². The third-order valence-electron chi connectivity index (χ3n) is 3.22. The predicted molar refractivity (Wildman–Crippen MR) is 73.9 cm³/mol. The number of nitrogens with two attached hydrogens (primary N) is 1. The number of hydrogen-bond acceptors (Lipinski definition) is 4. The summed E-state index contributed by atoms with van der Waals surface area (Å²) in [5, 5.41) is 5.25. The van der Waals surface area contributed by atoms with E-state index >= 15 is 0 Å². The van der Waals surface area contributed by atoms with Gasteiger partial charge in [0.25, 0.3) is 0 Å². The Balaban J connectivity index is 2.03. The van der Waals surface area contributed by atoms with Crippen LogP contribution >= 0.6 is 0 Å². The molecule has 1 aromatic rings. The smallest absolute Gasteiger partial charge is 0.318 e. The fraction of sp³-hybridized carbons (Fsp3) is 0.429. The molecule has 6 nitrogen and oxygen atoms in total. The van der Waals surface area contributed by atoms with E-state index in [0.717, 1.165) is 25.0 Å². The van der Waals surface area contributed by atoms with Crippen molar-refractivity contribution in [1.82, 2.24) is 10.6 Å². The van der Waals surface area contributed by atoms with Gasteiger partial charge in [-0.15, -0.1) is 0 Å². The van der Waals surface area contributed by atoms with Crippen LogP contribution in [0.15, 0.2) is 30.3 Å². The zero-order chi connectivity index (χ0) is 14.4. The fourth-order valence-electron chi connectivity index (χ4n) is 2.26. The monoisotopic (exact) mass is 277 g/mol. The average molecular weight is 277 g/mol. The Kier molecular flexibility index (Phi) is 5.09. The number of primary amides is 1. The van der Waals surface area contributed by atoms with Gasteiger partial charge in [0, 0.05) is 13.2 Å². The summed E-state index contributed by atoms with van der Waals surface area (Å²) in [5.41, 5.74) is 5.79. The standard InChI is InChI=1S/C14H19N3O3/c15-14(19)17-13(18)12(10-5-2-1-3-6-10)16-9-11-7-4-8-20-11/h1-3,5-6,11-12,16H,4,7-9H2,(H3,15,17,18,19)/t11-,12+/m1/s1. The van der Waals surface area contributed by atoms with Gasteiger partial charge in [0.2, 0.25) is 5.91 Å². The van der Waals surface area contributed by atoms with Crippen molar-refractivity contribution in [3.8, 4) is 0 Å². The van der Waals surface area contributed by atoms with Crippen LogP contribution in [0.1, 0.15) is 24.4 Å². The molecule has 6 heteroatoms. The molecule has 0 aromatic heterocycles. The van der Waals surface area contributed by atoms with Crippen LogP contribution in [-0.4, -0.2) is 31.2 Å². The highest BCUT2D eigenvalue weighted by atomic mass is 16.5. The molecule has 3 amide bonds. The lowest BCUT2D eigenvalue weighted by Gasteiger charge is -2.20. The van der Waals surface area contributed by atoms with E-state index in [-0.39, 0.29) is 6.10 Å². The van der Waals surface area contributed by atoms with Crippen molar-refractivity contribution >= 4 is 11.9 Å². The van der Waals surface area contributed by atoms with Crippen molar-refractivity contribution < 1.29 is 14.3 Å². The van der Waals surface area contributed by atoms with Crippen LogP contribution in [-0.2, 0) is 9.53 Å². The molecule has 1 aliphatic heterocycles. The molecule has 0 unspecified atom stereocenters. The van der Waals surface area contributed by atoms with Crippen molar-refractivity contribution in [2.45, 2.75) is 25.0 Å². The number of benzene rings is 1. The normalized spacial score (nSPS) is 19.5. The summed E-state index contributed by atoms with van der Waals surface area (Å²) in [4.78, 5) is 22.9. The summed E-state index contributed by atoms with van der Waals surface area (Å²) in [7, 11) is 0. The molecule has 1 aliphatic rings. The largest absolute Gasteiger partial charge is 0.377 e. The second-order valence-corrected chi connectivity index (χ2v) is 4.74. The highest BCUT2D eigenvalue weighted by Gasteiger charge is 2.23. The van der Waals surface area contributed by atoms with E-state index in [2.05, 4.69) is 10.6 Å². The summed E-state index contributed by atoms with van der Waals surface area (Å²) in [6.07, 6.45) is 2.13. The van der Waals surface area contributed by atoms with Crippen molar-refractivity contribution in [2.24, 2.45) is 5.73 Å². The van der Waals surface area contributed by atoms with Gasteiger partial charge >= 0.3 is 6.03 Å². The second-order valence-electron chi connectivity index (χ2n) is 4.74. The van der Waals surface area contributed by atoms with E-state index in [9.17, 15) is 9.59 Å². The zero-order valence-corrected chi connectivity index (χ0v) is 11.2. The van der Waals surface area contributed by atoms with Crippen LogP contribution in [0.2, 0.25) is 0 Å². The van der Waals surface area contributed by atoms with Gasteiger partial charge in [0.15, 0.2) is 0 Å². The molecule has 1 aromatic carbocycles. The molecule has 0 saturated carbocycles. The van der Waals surface area contributed by atoms with E-state index in [1.165, 1.54) is 0 Å². The van der Waals surface area contributed by atoms with Crippen LogP contribution in [0.5, 0.6) is 0 Å². The Morgan fingerprint density at radius 2 is 2.10 bits per heavy atom. The molecule has 1 fully saturated rings. The van der Waals surface area contributed by atoms with Crippen molar-refractivity contribution in [3.05, 3.63) is 35.9 Å². The molecule has 2 rings (SSSR count). The Hall–Kier alpha value is -1.92. The second kappa shape index (κ2) is 7.02. The quantitative estimate of drug-likeness (QED) is 0.738. The topological polar surface area (TPSA) is 93.5 Å². The third kappa shape index (κ3) is 4.04. The molecule has 4 N–H and O–H groups in total. The number of carbonyl (C=O) groups excluding carboxylic acids is 2. The van der Waals surface area contributed by atoms with Crippen molar-refractivity contribution in [2.75, 3.05) is 13.2 Å². The summed E-state index contributed by atoms with van der Waals surface area (Å²) >= 11 is 0. The first kappa shape index (κ1) is 14.5. The number of ether oxygens (including phenoxy) is 1. The van der Waals surface area contributed by atoms with Gasteiger partial charge in [0.1, 0.15) is 6.04 Å². The number of carbonyl (C=O) groups is 2. The summed E-state index contributed by atoms with van der Waals surface area (Å²) < 4.78 is 5.51. The first-order chi connectivity index (χ1) is 9.66. The van der Waals surface area contributed by atoms with E-state index in [0.29, 0.717) is 6.54 Å². The minimum absolute atomic E-state index is 0.114. The Labute approximate surface area is 117 Å². The van der Waals surface area contributed by atoms with Crippen LogP contribution in [0.4, 0.5) is 4.79 Å². The van der Waals surface area contributed by atoms with E-state index in [1.807, 2.05) is 30.3 Å². The maximum absolute atomic E-state index is 12.0. The molecule has 2 atom stereocenters. The van der Waals surface area contributed by atoms with Gasteiger partial charge in [0.05, 0.1) is 6.10 Å².